The highest BCUT2D eigenvalue weighted by Gasteiger charge is 2.69. The lowest BCUT2D eigenvalue weighted by atomic mass is 9.99. The molecule has 1 aliphatic rings. The molecule has 2 aromatic rings. The van der Waals surface area contributed by atoms with E-state index in [0.717, 1.165) is 5.56 Å². The van der Waals surface area contributed by atoms with E-state index in [2.05, 4.69) is 0 Å². The average Bonchev–Trinajstić information content (AvgIpc) is 3.27. The first-order valence-electron chi connectivity index (χ1n) is 7.32. The van der Waals surface area contributed by atoms with Crippen molar-refractivity contribution in [2.75, 3.05) is 13.1 Å². The Kier molecular flexibility index (Phi) is 3.80. The Balaban J connectivity index is 2.06. The first kappa shape index (κ1) is 15.2. The van der Waals surface area contributed by atoms with E-state index in [1.807, 2.05) is 30.3 Å². The summed E-state index contributed by atoms with van der Waals surface area (Å²) in [5.74, 6) is -0.145. The summed E-state index contributed by atoms with van der Waals surface area (Å²) in [6, 6.07) is 18.2. The smallest absolute Gasteiger partial charge is 0.182 e. The van der Waals surface area contributed by atoms with Crippen LogP contribution in [0, 0.1) is 5.41 Å². The van der Waals surface area contributed by atoms with Crippen LogP contribution in [0.25, 0.3) is 0 Å². The number of nitrogens with two attached hydrogens (primary N) is 2. The largest absolute Gasteiger partial charge is 0.330 e. The van der Waals surface area contributed by atoms with Crippen LogP contribution in [0.15, 0.2) is 65.6 Å². The van der Waals surface area contributed by atoms with Crippen LogP contribution < -0.4 is 11.5 Å². The zero-order valence-corrected chi connectivity index (χ0v) is 13.0. The molecule has 1 aliphatic carbocycles. The molecule has 0 radical (unpaired) electrons. The summed E-state index contributed by atoms with van der Waals surface area (Å²) in [6.07, 6.45) is 0. The molecule has 0 aromatic heterocycles. The predicted octanol–water partition coefficient (Wildman–Crippen LogP) is 1.53. The molecule has 4 nitrogen and oxygen atoms in total. The van der Waals surface area contributed by atoms with Crippen molar-refractivity contribution in [3.63, 3.8) is 0 Å². The second-order valence-corrected chi connectivity index (χ2v) is 7.88. The molecular formula is C17H20N2O2S. The van der Waals surface area contributed by atoms with E-state index in [-0.39, 0.29) is 19.0 Å². The van der Waals surface area contributed by atoms with Crippen molar-refractivity contribution in [1.82, 2.24) is 0 Å². The molecule has 3 rings (SSSR count). The fraction of sp³-hybridized carbons (Fsp3) is 0.294. The molecule has 5 heteroatoms. The number of hydrogen-bond donors (Lipinski definition) is 2. The highest BCUT2D eigenvalue weighted by Crippen LogP contribution is 2.62. The van der Waals surface area contributed by atoms with Crippen molar-refractivity contribution < 1.29 is 8.42 Å². The summed E-state index contributed by atoms with van der Waals surface area (Å²) in [5.41, 5.74) is 12.3. The quantitative estimate of drug-likeness (QED) is 0.876. The molecule has 0 heterocycles. The molecule has 1 saturated carbocycles. The first-order chi connectivity index (χ1) is 10.6. The zero-order chi connectivity index (χ0) is 15.8. The molecule has 0 amide bonds. The molecule has 0 bridgehead atoms. The summed E-state index contributed by atoms with van der Waals surface area (Å²) in [5, 5.41) is -0.556. The van der Waals surface area contributed by atoms with E-state index in [9.17, 15) is 8.42 Å². The van der Waals surface area contributed by atoms with E-state index in [1.54, 1.807) is 30.3 Å². The van der Waals surface area contributed by atoms with Crippen LogP contribution in [0.2, 0.25) is 0 Å². The fourth-order valence-corrected chi connectivity index (χ4v) is 5.93. The van der Waals surface area contributed by atoms with Gasteiger partial charge in [0.1, 0.15) is 0 Å². The highest BCUT2D eigenvalue weighted by atomic mass is 32.2. The Bertz CT molecular complexity index is 741. The predicted molar refractivity (Wildman–Crippen MR) is 87.1 cm³/mol. The van der Waals surface area contributed by atoms with Gasteiger partial charge in [0.15, 0.2) is 9.84 Å². The molecule has 0 aliphatic heterocycles. The summed E-state index contributed by atoms with van der Waals surface area (Å²) < 4.78 is 26.0. The summed E-state index contributed by atoms with van der Waals surface area (Å²) in [7, 11) is -3.45. The monoisotopic (exact) mass is 316 g/mol. The van der Waals surface area contributed by atoms with Crippen molar-refractivity contribution >= 4 is 9.84 Å². The van der Waals surface area contributed by atoms with Gasteiger partial charge in [-0.25, -0.2) is 8.42 Å². The number of hydrogen-bond acceptors (Lipinski definition) is 4. The number of sulfone groups is 1. The van der Waals surface area contributed by atoms with Gasteiger partial charge in [-0.15, -0.1) is 0 Å². The van der Waals surface area contributed by atoms with Gasteiger partial charge in [0.2, 0.25) is 0 Å². The topological polar surface area (TPSA) is 86.2 Å². The molecule has 2 aromatic carbocycles. The maximum absolute atomic E-state index is 13.0. The SMILES string of the molecule is NCC1(CN)[C@@H](c2ccccc2)[C@@H]1S(=O)(=O)c1ccccc1. The van der Waals surface area contributed by atoms with E-state index in [0.29, 0.717) is 4.90 Å². The Morgan fingerprint density at radius 3 is 1.86 bits per heavy atom. The zero-order valence-electron chi connectivity index (χ0n) is 12.2. The lowest BCUT2D eigenvalue weighted by molar-refractivity contribution is 0.510. The van der Waals surface area contributed by atoms with E-state index in [4.69, 9.17) is 11.5 Å². The van der Waals surface area contributed by atoms with E-state index >= 15 is 0 Å². The van der Waals surface area contributed by atoms with Crippen LogP contribution in [0.5, 0.6) is 0 Å². The van der Waals surface area contributed by atoms with Gasteiger partial charge in [0.25, 0.3) is 0 Å². The maximum Gasteiger partial charge on any atom is 0.182 e. The Morgan fingerprint density at radius 2 is 1.36 bits per heavy atom. The van der Waals surface area contributed by atoms with Gasteiger partial charge >= 0.3 is 0 Å². The Labute approximate surface area is 131 Å². The first-order valence-corrected chi connectivity index (χ1v) is 8.86. The third-order valence-corrected chi connectivity index (χ3v) is 7.04. The Hall–Kier alpha value is -1.69. The third-order valence-electron chi connectivity index (χ3n) is 4.70. The fourth-order valence-electron chi connectivity index (χ4n) is 3.43. The standard InChI is InChI=1S/C17H20N2O2S/c18-11-17(12-19)15(13-7-3-1-4-8-13)16(17)22(20,21)14-9-5-2-6-10-14/h1-10,15-16H,11-12,18-19H2/t15-,16-/m0/s1. The summed E-state index contributed by atoms with van der Waals surface area (Å²) in [4.78, 5) is 0.338. The van der Waals surface area contributed by atoms with E-state index < -0.39 is 20.5 Å². The van der Waals surface area contributed by atoms with Gasteiger partial charge in [0, 0.05) is 24.4 Å². The van der Waals surface area contributed by atoms with Crippen LogP contribution in [-0.2, 0) is 9.84 Å². The van der Waals surface area contributed by atoms with Gasteiger partial charge < -0.3 is 11.5 Å². The van der Waals surface area contributed by atoms with Crippen molar-refractivity contribution in [3.8, 4) is 0 Å². The molecule has 1 fully saturated rings. The van der Waals surface area contributed by atoms with Crippen molar-refractivity contribution in [2.45, 2.75) is 16.1 Å². The molecule has 0 saturated heterocycles. The highest BCUT2D eigenvalue weighted by molar-refractivity contribution is 7.92. The second-order valence-electron chi connectivity index (χ2n) is 5.81. The van der Waals surface area contributed by atoms with E-state index in [1.165, 1.54) is 0 Å². The number of benzene rings is 2. The minimum Gasteiger partial charge on any atom is -0.330 e. The number of rotatable bonds is 5. The van der Waals surface area contributed by atoms with Crippen LogP contribution in [0.3, 0.4) is 0 Å². The molecule has 116 valence electrons. The summed E-state index contributed by atoms with van der Waals surface area (Å²) >= 11 is 0. The molecule has 2 atom stereocenters. The average molecular weight is 316 g/mol. The van der Waals surface area contributed by atoms with Crippen molar-refractivity contribution in [3.05, 3.63) is 66.2 Å². The molecule has 22 heavy (non-hydrogen) atoms. The molecule has 0 unspecified atom stereocenters. The third kappa shape index (κ3) is 2.17. The van der Waals surface area contributed by atoms with Gasteiger partial charge in [0.05, 0.1) is 10.1 Å². The van der Waals surface area contributed by atoms with Crippen molar-refractivity contribution in [1.29, 1.82) is 0 Å². The van der Waals surface area contributed by atoms with Crippen LogP contribution in [-0.4, -0.2) is 26.8 Å². The van der Waals surface area contributed by atoms with Crippen LogP contribution in [0.1, 0.15) is 11.5 Å². The minimum absolute atomic E-state index is 0.145. The van der Waals surface area contributed by atoms with Gasteiger partial charge in [-0.05, 0) is 17.7 Å². The minimum atomic E-state index is -3.45. The van der Waals surface area contributed by atoms with Gasteiger partial charge in [-0.1, -0.05) is 48.5 Å². The molecular weight excluding hydrogens is 296 g/mol. The Morgan fingerprint density at radius 1 is 0.864 bits per heavy atom. The molecule has 4 N–H and O–H groups in total. The van der Waals surface area contributed by atoms with Crippen LogP contribution >= 0.6 is 0 Å². The summed E-state index contributed by atoms with van der Waals surface area (Å²) in [6.45, 7) is 0.527. The normalized spacial score (nSPS) is 23.2. The van der Waals surface area contributed by atoms with Crippen LogP contribution in [0.4, 0.5) is 0 Å². The van der Waals surface area contributed by atoms with Gasteiger partial charge in [-0.2, -0.15) is 0 Å². The van der Waals surface area contributed by atoms with Crippen molar-refractivity contribution in [2.24, 2.45) is 16.9 Å². The molecule has 0 spiro atoms. The second kappa shape index (κ2) is 5.50. The lowest BCUT2D eigenvalue weighted by Crippen LogP contribution is -2.31. The lowest BCUT2D eigenvalue weighted by Gasteiger charge is -2.12. The van der Waals surface area contributed by atoms with Gasteiger partial charge in [-0.3, -0.25) is 0 Å². The maximum atomic E-state index is 13.0.